The van der Waals surface area contributed by atoms with E-state index >= 15 is 0 Å². The molecule has 0 saturated heterocycles. The van der Waals surface area contributed by atoms with E-state index in [2.05, 4.69) is 26.3 Å². The normalized spacial score (nSPS) is 16.8. The number of hydrogen-bond acceptors (Lipinski definition) is 12. The van der Waals surface area contributed by atoms with Gasteiger partial charge in [-0.2, -0.15) is 0 Å². The Morgan fingerprint density at radius 1 is 0.485 bits per heavy atom. The molecule has 0 radical (unpaired) electrons. The maximum atomic E-state index is 5.91. The third-order valence-electron chi connectivity index (χ3n) is 2.80. The van der Waals surface area contributed by atoms with E-state index in [1.165, 1.54) is 24.3 Å². The molecule has 12 nitrogen and oxygen atoms in total. The first-order chi connectivity index (χ1) is 15.8. The molecule has 0 aliphatic heterocycles. The van der Waals surface area contributed by atoms with Crippen molar-refractivity contribution in [3.05, 3.63) is 50.6 Å². The van der Waals surface area contributed by atoms with Gasteiger partial charge in [0.2, 0.25) is 0 Å². The molecule has 0 aromatic heterocycles. The van der Waals surface area contributed by atoms with Gasteiger partial charge in [-0.15, -0.1) is 0 Å². The summed E-state index contributed by atoms with van der Waals surface area (Å²) in [5, 5.41) is 0. The van der Waals surface area contributed by atoms with E-state index in [0.29, 0.717) is 0 Å². The van der Waals surface area contributed by atoms with E-state index in [-0.39, 0.29) is 26.4 Å². The average molecular weight is 587 g/mol. The molecule has 192 valence electrons. The van der Waals surface area contributed by atoms with E-state index in [1.807, 2.05) is 0 Å². The van der Waals surface area contributed by atoms with Crippen molar-refractivity contribution in [3.63, 3.8) is 0 Å². The van der Waals surface area contributed by atoms with Gasteiger partial charge in [-0.25, -0.2) is 0 Å². The van der Waals surface area contributed by atoms with Gasteiger partial charge in [-0.05, 0) is 0 Å². The van der Waals surface area contributed by atoms with E-state index < -0.39 is 45.2 Å². The molecule has 0 aromatic rings. The van der Waals surface area contributed by atoms with Crippen LogP contribution in [0.1, 0.15) is 27.7 Å². The fraction of sp³-hybridized carbons (Fsp3) is 0.600. The Balaban J connectivity index is 5.58. The van der Waals surface area contributed by atoms with Gasteiger partial charge in [0, 0.05) is 0 Å². The summed E-state index contributed by atoms with van der Waals surface area (Å²) < 4.78 is 23.6. The van der Waals surface area contributed by atoms with Crippen molar-refractivity contribution in [1.29, 1.82) is 0 Å². The zero-order valence-corrected chi connectivity index (χ0v) is 22.5. The molecule has 0 bridgehead atoms. The van der Waals surface area contributed by atoms with Crippen LogP contribution in [0.5, 0.6) is 0 Å². The second-order valence-electron chi connectivity index (χ2n) is 5.92. The number of rotatable bonds is 24. The van der Waals surface area contributed by atoms with Crippen molar-refractivity contribution in [2.75, 3.05) is 26.4 Å². The van der Waals surface area contributed by atoms with E-state index in [1.54, 1.807) is 27.7 Å². The van der Waals surface area contributed by atoms with Crippen LogP contribution < -0.4 is 0 Å². The Hall–Kier alpha value is -0.721. The molecule has 0 rings (SSSR count). The van der Waals surface area contributed by atoms with Crippen LogP contribution in [0.3, 0.4) is 0 Å². The van der Waals surface area contributed by atoms with Crippen LogP contribution >= 0.6 is 0 Å². The quantitative estimate of drug-likeness (QED) is 0.0412. The first-order valence-corrected chi connectivity index (χ1v) is 14.8. The van der Waals surface area contributed by atoms with Gasteiger partial charge in [0.1, 0.15) is 0 Å². The van der Waals surface area contributed by atoms with Crippen LogP contribution in [0.2, 0.25) is 0 Å². The molecule has 33 heavy (non-hydrogen) atoms. The standard InChI is InChI=1S/4C5H9O3.Sn/c4*1-3-4-7-8-5(2)6;/h4*3,5H,1,4H2,2H3;/q4*-1;+4. The van der Waals surface area contributed by atoms with Crippen molar-refractivity contribution >= 4 is 20.0 Å². The first kappa shape index (κ1) is 32.3. The molecule has 4 atom stereocenters. The fourth-order valence-corrected chi connectivity index (χ4v) is 7.83. The summed E-state index contributed by atoms with van der Waals surface area (Å²) in [6.07, 6.45) is 2.01. The van der Waals surface area contributed by atoms with Crippen molar-refractivity contribution < 1.29 is 51.4 Å². The molecule has 0 N–H and O–H groups in total. The van der Waals surface area contributed by atoms with Crippen molar-refractivity contribution in [2.24, 2.45) is 0 Å². The summed E-state index contributed by atoms with van der Waals surface area (Å²) in [7, 11) is 0. The Bertz CT molecular complexity index is 442. The average Bonchev–Trinajstić information content (AvgIpc) is 2.74. The molecular weight excluding hydrogens is 551 g/mol. The summed E-state index contributed by atoms with van der Waals surface area (Å²) >= 11 is -5.17. The molecule has 4 unspecified atom stereocenters. The van der Waals surface area contributed by atoms with E-state index in [9.17, 15) is 0 Å². The van der Waals surface area contributed by atoms with Crippen LogP contribution in [-0.2, 0) is 51.4 Å². The van der Waals surface area contributed by atoms with Crippen LogP contribution in [0, 0.1) is 0 Å². The Kier molecular flexibility index (Phi) is 20.2. The predicted molar refractivity (Wildman–Crippen MR) is 117 cm³/mol. The summed E-state index contributed by atoms with van der Waals surface area (Å²) in [6.45, 7) is 20.8. The SMILES string of the molecule is C=CCOOC(C)[O][Sn]([O]C(C)OOCC=C)([O]C(C)OOCC=C)[O]C(C)OOCC=C. The fourth-order valence-electron chi connectivity index (χ4n) is 1.79. The molecule has 0 aromatic carbocycles. The van der Waals surface area contributed by atoms with Crippen molar-refractivity contribution in [2.45, 2.75) is 52.9 Å². The van der Waals surface area contributed by atoms with Gasteiger partial charge in [-0.1, -0.05) is 0 Å². The van der Waals surface area contributed by atoms with Gasteiger partial charge in [-0.3, -0.25) is 0 Å². The third-order valence-corrected chi connectivity index (χ3v) is 9.88. The summed E-state index contributed by atoms with van der Waals surface area (Å²) in [6, 6.07) is 0. The zero-order valence-electron chi connectivity index (χ0n) is 19.7. The molecule has 0 amide bonds. The molecule has 13 heteroatoms. The van der Waals surface area contributed by atoms with Gasteiger partial charge in [0.05, 0.1) is 0 Å². The van der Waals surface area contributed by atoms with Gasteiger partial charge in [0.15, 0.2) is 0 Å². The first-order valence-electron chi connectivity index (χ1n) is 10.1. The van der Waals surface area contributed by atoms with Crippen LogP contribution in [0.4, 0.5) is 0 Å². The molecule has 0 aliphatic carbocycles. The van der Waals surface area contributed by atoms with Gasteiger partial charge < -0.3 is 0 Å². The Morgan fingerprint density at radius 3 is 0.879 bits per heavy atom. The van der Waals surface area contributed by atoms with Crippen LogP contribution in [0.15, 0.2) is 50.6 Å². The minimum absolute atomic E-state index is 0.123. The molecule has 0 spiro atoms. The van der Waals surface area contributed by atoms with E-state index in [0.717, 1.165) is 0 Å². The summed E-state index contributed by atoms with van der Waals surface area (Å²) in [5.74, 6) is 0. The number of hydrogen-bond donors (Lipinski definition) is 0. The van der Waals surface area contributed by atoms with Gasteiger partial charge in [0.25, 0.3) is 0 Å². The second kappa shape index (κ2) is 20.6. The van der Waals surface area contributed by atoms with Crippen LogP contribution in [0.25, 0.3) is 0 Å². The zero-order chi connectivity index (χ0) is 25.0. The Morgan fingerprint density at radius 2 is 0.697 bits per heavy atom. The molecular formula is C20H36O12Sn. The topological polar surface area (TPSA) is 111 Å². The van der Waals surface area contributed by atoms with Gasteiger partial charge >= 0.3 is 201 Å². The Labute approximate surface area is 201 Å². The molecule has 0 saturated carbocycles. The van der Waals surface area contributed by atoms with Crippen molar-refractivity contribution in [3.8, 4) is 0 Å². The van der Waals surface area contributed by atoms with Crippen molar-refractivity contribution in [1.82, 2.24) is 0 Å². The van der Waals surface area contributed by atoms with Crippen LogP contribution in [-0.4, -0.2) is 71.6 Å². The maximum absolute atomic E-state index is 5.91. The van der Waals surface area contributed by atoms with E-state index in [4.69, 9.17) is 51.4 Å². The monoisotopic (exact) mass is 588 g/mol. The second-order valence-corrected chi connectivity index (χ2v) is 11.5. The molecule has 0 fully saturated rings. The predicted octanol–water partition coefficient (Wildman–Crippen LogP) is 3.41. The molecule has 0 aliphatic rings. The summed E-state index contributed by atoms with van der Waals surface area (Å²) in [4.78, 5) is 40.4. The minimum atomic E-state index is -5.17. The third kappa shape index (κ3) is 17.4. The molecule has 0 heterocycles. The summed E-state index contributed by atoms with van der Waals surface area (Å²) in [5.41, 5.74) is 0.